The van der Waals surface area contributed by atoms with E-state index in [0.29, 0.717) is 11.0 Å². The standard InChI is InChI=1S/C12H17BrN2O3/c1-12(2,8-16)14(3)7-9-5-4-6-10(11(9)13)15(17)18/h4-6,16H,7-8H2,1-3H3. The zero-order valence-electron chi connectivity index (χ0n) is 10.7. The van der Waals surface area contributed by atoms with E-state index in [9.17, 15) is 15.2 Å². The highest BCUT2D eigenvalue weighted by Gasteiger charge is 2.24. The summed E-state index contributed by atoms with van der Waals surface area (Å²) in [6.07, 6.45) is 0. The summed E-state index contributed by atoms with van der Waals surface area (Å²) in [5.41, 5.74) is 0.514. The fourth-order valence-corrected chi connectivity index (χ4v) is 1.95. The van der Waals surface area contributed by atoms with Gasteiger partial charge in [0.15, 0.2) is 0 Å². The van der Waals surface area contributed by atoms with Crippen LogP contribution in [0.15, 0.2) is 22.7 Å². The molecule has 0 radical (unpaired) electrons. The van der Waals surface area contributed by atoms with Crippen molar-refractivity contribution >= 4 is 21.6 Å². The van der Waals surface area contributed by atoms with E-state index in [4.69, 9.17) is 0 Å². The van der Waals surface area contributed by atoms with E-state index in [1.165, 1.54) is 6.07 Å². The highest BCUT2D eigenvalue weighted by atomic mass is 79.9. The van der Waals surface area contributed by atoms with Gasteiger partial charge in [-0.2, -0.15) is 0 Å². The van der Waals surface area contributed by atoms with E-state index in [-0.39, 0.29) is 17.8 Å². The lowest BCUT2D eigenvalue weighted by Crippen LogP contribution is -2.43. The van der Waals surface area contributed by atoms with Crippen LogP contribution >= 0.6 is 15.9 Å². The van der Waals surface area contributed by atoms with E-state index in [1.807, 2.05) is 31.9 Å². The molecule has 100 valence electrons. The molecule has 1 N–H and O–H groups in total. The Morgan fingerprint density at radius 3 is 2.61 bits per heavy atom. The van der Waals surface area contributed by atoms with Crippen molar-refractivity contribution in [2.75, 3.05) is 13.7 Å². The molecule has 0 bridgehead atoms. The highest BCUT2D eigenvalue weighted by molar-refractivity contribution is 9.10. The van der Waals surface area contributed by atoms with E-state index < -0.39 is 4.92 Å². The lowest BCUT2D eigenvalue weighted by molar-refractivity contribution is -0.385. The summed E-state index contributed by atoms with van der Waals surface area (Å²) >= 11 is 3.27. The molecule has 0 fully saturated rings. The van der Waals surface area contributed by atoms with Crippen molar-refractivity contribution in [3.8, 4) is 0 Å². The van der Waals surface area contributed by atoms with Gasteiger partial charge in [0.2, 0.25) is 0 Å². The van der Waals surface area contributed by atoms with E-state index in [1.54, 1.807) is 6.07 Å². The van der Waals surface area contributed by atoms with E-state index >= 15 is 0 Å². The maximum Gasteiger partial charge on any atom is 0.283 e. The maximum atomic E-state index is 10.8. The summed E-state index contributed by atoms with van der Waals surface area (Å²) in [5, 5.41) is 20.1. The molecule has 0 aliphatic heterocycles. The van der Waals surface area contributed by atoms with Gasteiger partial charge >= 0.3 is 0 Å². The number of nitro benzene ring substituents is 1. The molecule has 0 spiro atoms. The van der Waals surface area contributed by atoms with Crippen LogP contribution in [0, 0.1) is 10.1 Å². The number of likely N-dealkylation sites (N-methyl/N-ethyl adjacent to an activating group) is 1. The number of hydrogen-bond donors (Lipinski definition) is 1. The molecule has 0 atom stereocenters. The molecule has 0 saturated carbocycles. The normalized spacial score (nSPS) is 11.9. The molecule has 6 heteroatoms. The van der Waals surface area contributed by atoms with Crippen molar-refractivity contribution in [1.82, 2.24) is 4.90 Å². The summed E-state index contributed by atoms with van der Waals surface area (Å²) in [6.45, 7) is 4.38. The minimum atomic E-state index is -0.412. The molecule has 0 aromatic heterocycles. The van der Waals surface area contributed by atoms with Crippen LogP contribution in [0.1, 0.15) is 19.4 Å². The summed E-state index contributed by atoms with van der Waals surface area (Å²) in [6, 6.07) is 4.96. The first kappa shape index (κ1) is 15.1. The van der Waals surface area contributed by atoms with Crippen molar-refractivity contribution in [2.45, 2.75) is 25.9 Å². The Hall–Kier alpha value is -0.980. The summed E-state index contributed by atoms with van der Waals surface area (Å²) in [4.78, 5) is 12.4. The second-order valence-corrected chi connectivity index (χ2v) is 5.63. The molecule has 0 heterocycles. The van der Waals surface area contributed by atoms with Crippen molar-refractivity contribution in [1.29, 1.82) is 0 Å². The fourth-order valence-electron chi connectivity index (χ4n) is 1.42. The van der Waals surface area contributed by atoms with Crippen LogP contribution in [0.2, 0.25) is 0 Å². The fraction of sp³-hybridized carbons (Fsp3) is 0.500. The van der Waals surface area contributed by atoms with Gasteiger partial charge in [0.1, 0.15) is 0 Å². The Morgan fingerprint density at radius 1 is 1.50 bits per heavy atom. The number of hydrogen-bond acceptors (Lipinski definition) is 4. The molecule has 0 saturated heterocycles. The van der Waals surface area contributed by atoms with E-state index in [2.05, 4.69) is 15.9 Å². The molecule has 18 heavy (non-hydrogen) atoms. The maximum absolute atomic E-state index is 10.8. The zero-order valence-corrected chi connectivity index (χ0v) is 12.3. The number of aliphatic hydroxyl groups excluding tert-OH is 1. The van der Waals surface area contributed by atoms with Gasteiger partial charge in [0.05, 0.1) is 16.0 Å². The summed E-state index contributed by atoms with van der Waals surface area (Å²) in [5.74, 6) is 0. The predicted octanol–water partition coefficient (Wildman–Crippen LogP) is 2.56. The zero-order chi connectivity index (χ0) is 13.9. The number of nitrogens with zero attached hydrogens (tertiary/aromatic N) is 2. The Bertz CT molecular complexity index is 449. The minimum Gasteiger partial charge on any atom is -0.394 e. The molecule has 1 rings (SSSR count). The summed E-state index contributed by atoms with van der Waals surface area (Å²) in [7, 11) is 1.88. The number of nitro groups is 1. The quantitative estimate of drug-likeness (QED) is 0.669. The van der Waals surface area contributed by atoms with Crippen LogP contribution in [0.4, 0.5) is 5.69 Å². The third kappa shape index (κ3) is 3.28. The van der Waals surface area contributed by atoms with Crippen LogP contribution < -0.4 is 0 Å². The first-order valence-corrected chi connectivity index (χ1v) is 6.33. The number of aliphatic hydroxyl groups is 1. The number of rotatable bonds is 5. The number of benzene rings is 1. The van der Waals surface area contributed by atoms with Gasteiger partial charge in [-0.15, -0.1) is 0 Å². The molecule has 5 nitrogen and oxygen atoms in total. The van der Waals surface area contributed by atoms with Crippen molar-refractivity contribution in [2.24, 2.45) is 0 Å². The second-order valence-electron chi connectivity index (χ2n) is 4.83. The van der Waals surface area contributed by atoms with Crippen LogP contribution in [-0.2, 0) is 6.54 Å². The van der Waals surface area contributed by atoms with Crippen molar-refractivity contribution in [3.05, 3.63) is 38.3 Å². The minimum absolute atomic E-state index is 0.0239. The Balaban J connectivity index is 2.99. The topological polar surface area (TPSA) is 66.6 Å². The van der Waals surface area contributed by atoms with Crippen LogP contribution in [0.3, 0.4) is 0 Å². The first-order chi connectivity index (χ1) is 8.29. The predicted molar refractivity (Wildman–Crippen MR) is 73.4 cm³/mol. The van der Waals surface area contributed by atoms with E-state index in [0.717, 1.165) is 5.56 Å². The summed E-state index contributed by atoms with van der Waals surface area (Å²) < 4.78 is 0.496. The lowest BCUT2D eigenvalue weighted by Gasteiger charge is -2.34. The molecular formula is C12H17BrN2O3. The lowest BCUT2D eigenvalue weighted by atomic mass is 10.0. The molecule has 0 aliphatic rings. The molecule has 0 unspecified atom stereocenters. The van der Waals surface area contributed by atoms with Crippen molar-refractivity contribution in [3.63, 3.8) is 0 Å². The average Bonchev–Trinajstić information content (AvgIpc) is 2.31. The van der Waals surface area contributed by atoms with Crippen LogP contribution in [-0.4, -0.2) is 34.1 Å². The third-order valence-electron chi connectivity index (χ3n) is 3.08. The second kappa shape index (κ2) is 5.77. The SMILES string of the molecule is CN(Cc1cccc([N+](=O)[O-])c1Br)C(C)(C)CO. The molecule has 0 aliphatic carbocycles. The Kier molecular flexibility index (Phi) is 4.84. The molecular weight excluding hydrogens is 300 g/mol. The number of halogens is 1. The van der Waals surface area contributed by atoms with Crippen LogP contribution in [0.25, 0.3) is 0 Å². The van der Waals surface area contributed by atoms with Gasteiger partial charge in [-0.05, 0) is 42.4 Å². The monoisotopic (exact) mass is 316 g/mol. The van der Waals surface area contributed by atoms with Gasteiger partial charge in [-0.1, -0.05) is 12.1 Å². The Labute approximate surface area is 115 Å². The van der Waals surface area contributed by atoms with Crippen molar-refractivity contribution < 1.29 is 10.0 Å². The first-order valence-electron chi connectivity index (χ1n) is 5.53. The smallest absolute Gasteiger partial charge is 0.283 e. The van der Waals surface area contributed by atoms with Crippen LogP contribution in [0.5, 0.6) is 0 Å². The third-order valence-corrected chi connectivity index (χ3v) is 4.00. The van der Waals surface area contributed by atoms with Gasteiger partial charge in [-0.3, -0.25) is 15.0 Å². The van der Waals surface area contributed by atoms with Gasteiger partial charge in [0.25, 0.3) is 5.69 Å². The Morgan fingerprint density at radius 2 is 2.11 bits per heavy atom. The largest absolute Gasteiger partial charge is 0.394 e. The van der Waals surface area contributed by atoms with Gasteiger partial charge in [-0.25, -0.2) is 0 Å². The highest BCUT2D eigenvalue weighted by Crippen LogP contribution is 2.30. The van der Waals surface area contributed by atoms with Gasteiger partial charge in [0, 0.05) is 18.2 Å². The molecule has 0 amide bonds. The van der Waals surface area contributed by atoms with Gasteiger partial charge < -0.3 is 5.11 Å². The average molecular weight is 317 g/mol. The molecule has 1 aromatic carbocycles. The molecule has 1 aromatic rings.